The largest absolute Gasteiger partial charge is 0.488 e. The number of rotatable bonds is 9. The molecule has 5 heteroatoms. The highest BCUT2D eigenvalue weighted by atomic mass is 16.6. The third kappa shape index (κ3) is 4.68. The molecule has 0 aliphatic heterocycles. The molecule has 1 saturated carbocycles. The van der Waals surface area contributed by atoms with E-state index in [0.29, 0.717) is 13.2 Å². The van der Waals surface area contributed by atoms with Gasteiger partial charge in [-0.25, -0.2) is 0 Å². The normalized spacial score (nSPS) is 24.6. The summed E-state index contributed by atoms with van der Waals surface area (Å²) in [5.41, 5.74) is 7.21. The zero-order valence-corrected chi connectivity index (χ0v) is 12.8. The number of methoxy groups -OCH3 is 2. The Morgan fingerprint density at radius 2 is 1.76 bits per heavy atom. The van der Waals surface area contributed by atoms with Gasteiger partial charge in [0, 0.05) is 26.7 Å². The van der Waals surface area contributed by atoms with Crippen molar-refractivity contribution in [3.63, 3.8) is 0 Å². The van der Waals surface area contributed by atoms with Crippen LogP contribution < -0.4 is 10.5 Å². The fourth-order valence-electron chi connectivity index (χ4n) is 2.36. The van der Waals surface area contributed by atoms with Gasteiger partial charge in [0.15, 0.2) is 0 Å². The van der Waals surface area contributed by atoms with Gasteiger partial charge >= 0.3 is 0 Å². The van der Waals surface area contributed by atoms with Gasteiger partial charge in [0.1, 0.15) is 18.0 Å². The van der Waals surface area contributed by atoms with Crippen LogP contribution in [-0.2, 0) is 20.6 Å². The number of hydrogen-bond donors (Lipinski definition) is 1. The highest BCUT2D eigenvalue weighted by molar-refractivity contribution is 5.28. The summed E-state index contributed by atoms with van der Waals surface area (Å²) in [6.07, 6.45) is 1.71. The van der Waals surface area contributed by atoms with E-state index in [0.717, 1.165) is 25.2 Å². The lowest BCUT2D eigenvalue weighted by Gasteiger charge is -2.41. The third-order valence-corrected chi connectivity index (χ3v) is 3.70. The molecular weight excluding hydrogens is 270 g/mol. The fourth-order valence-corrected chi connectivity index (χ4v) is 2.36. The molecular formula is C16H25NO4. The summed E-state index contributed by atoms with van der Waals surface area (Å²) in [7, 11) is 3.37. The van der Waals surface area contributed by atoms with E-state index in [1.807, 2.05) is 12.1 Å². The third-order valence-electron chi connectivity index (χ3n) is 3.70. The van der Waals surface area contributed by atoms with E-state index < -0.39 is 0 Å². The van der Waals surface area contributed by atoms with Crippen molar-refractivity contribution in [2.45, 2.75) is 31.1 Å². The lowest BCUT2D eigenvalue weighted by Crippen LogP contribution is -2.59. The van der Waals surface area contributed by atoms with Crippen molar-refractivity contribution in [1.29, 1.82) is 0 Å². The molecule has 3 atom stereocenters. The fraction of sp³-hybridized carbons (Fsp3) is 0.625. The van der Waals surface area contributed by atoms with Crippen LogP contribution in [0, 0.1) is 0 Å². The average molecular weight is 295 g/mol. The van der Waals surface area contributed by atoms with Gasteiger partial charge in [0.05, 0.1) is 19.8 Å². The van der Waals surface area contributed by atoms with Crippen molar-refractivity contribution in [1.82, 2.24) is 0 Å². The maximum atomic E-state index is 5.97. The minimum Gasteiger partial charge on any atom is -0.488 e. The van der Waals surface area contributed by atoms with E-state index in [2.05, 4.69) is 12.1 Å². The van der Waals surface area contributed by atoms with Crippen molar-refractivity contribution < 1.29 is 18.9 Å². The van der Waals surface area contributed by atoms with Crippen molar-refractivity contribution in [2.75, 3.05) is 34.0 Å². The molecule has 1 aromatic rings. The molecule has 0 amide bonds. The lowest BCUT2D eigenvalue weighted by atomic mass is 9.86. The van der Waals surface area contributed by atoms with Crippen molar-refractivity contribution in [3.8, 4) is 5.75 Å². The van der Waals surface area contributed by atoms with E-state index in [4.69, 9.17) is 24.7 Å². The van der Waals surface area contributed by atoms with E-state index in [1.165, 1.54) is 5.56 Å². The molecule has 1 aliphatic rings. The SMILES string of the molecule is COCCOC1C(N)CC1Oc1ccc(CCOC)cc1. The summed E-state index contributed by atoms with van der Waals surface area (Å²) in [4.78, 5) is 0. The number of hydrogen-bond acceptors (Lipinski definition) is 5. The first-order chi connectivity index (χ1) is 10.2. The van der Waals surface area contributed by atoms with Crippen molar-refractivity contribution in [3.05, 3.63) is 29.8 Å². The van der Waals surface area contributed by atoms with Gasteiger partial charge in [-0.05, 0) is 24.1 Å². The summed E-state index contributed by atoms with van der Waals surface area (Å²) in [6.45, 7) is 1.85. The van der Waals surface area contributed by atoms with Gasteiger partial charge in [-0.3, -0.25) is 0 Å². The molecule has 5 nitrogen and oxygen atoms in total. The molecule has 0 spiro atoms. The van der Waals surface area contributed by atoms with Gasteiger partial charge in [0.25, 0.3) is 0 Å². The van der Waals surface area contributed by atoms with Crippen molar-refractivity contribution in [2.24, 2.45) is 5.73 Å². The number of ether oxygens (including phenoxy) is 4. The first-order valence-electron chi connectivity index (χ1n) is 7.35. The topological polar surface area (TPSA) is 62.9 Å². The number of nitrogens with two attached hydrogens (primary N) is 1. The van der Waals surface area contributed by atoms with Gasteiger partial charge < -0.3 is 24.7 Å². The van der Waals surface area contributed by atoms with E-state index in [1.54, 1.807) is 14.2 Å². The molecule has 2 N–H and O–H groups in total. The Morgan fingerprint density at radius 1 is 1.05 bits per heavy atom. The molecule has 1 fully saturated rings. The van der Waals surface area contributed by atoms with Gasteiger partial charge in [0.2, 0.25) is 0 Å². The van der Waals surface area contributed by atoms with Crippen LogP contribution in [0.1, 0.15) is 12.0 Å². The van der Waals surface area contributed by atoms with Gasteiger partial charge in [-0.1, -0.05) is 12.1 Å². The maximum Gasteiger partial charge on any atom is 0.128 e. The Labute approximate surface area is 126 Å². The molecule has 1 aliphatic carbocycles. The van der Waals surface area contributed by atoms with Crippen LogP contribution in [0.15, 0.2) is 24.3 Å². The minimum absolute atomic E-state index is 0.0293. The molecule has 21 heavy (non-hydrogen) atoms. The van der Waals surface area contributed by atoms with Crippen LogP contribution >= 0.6 is 0 Å². The standard InChI is InChI=1S/C16H25NO4/c1-18-8-7-12-3-5-13(6-4-12)21-15-11-14(17)16(15)20-10-9-19-2/h3-6,14-16H,7-11,17H2,1-2H3. The summed E-state index contributed by atoms with van der Waals surface area (Å²) in [5, 5.41) is 0. The first-order valence-corrected chi connectivity index (χ1v) is 7.35. The summed E-state index contributed by atoms with van der Waals surface area (Å²) in [5.74, 6) is 0.855. The first kappa shape index (κ1) is 16.2. The van der Waals surface area contributed by atoms with Gasteiger partial charge in [-0.2, -0.15) is 0 Å². The zero-order valence-electron chi connectivity index (χ0n) is 12.8. The smallest absolute Gasteiger partial charge is 0.128 e. The Bertz CT molecular complexity index is 409. The molecule has 0 radical (unpaired) electrons. The quantitative estimate of drug-likeness (QED) is 0.697. The Kier molecular flexibility index (Phi) is 6.45. The minimum atomic E-state index is -0.0479. The van der Waals surface area contributed by atoms with E-state index >= 15 is 0 Å². The highest BCUT2D eigenvalue weighted by Gasteiger charge is 2.41. The Balaban J connectivity index is 1.80. The molecule has 0 heterocycles. The summed E-state index contributed by atoms with van der Waals surface area (Å²) >= 11 is 0. The second kappa shape index (κ2) is 8.34. The monoisotopic (exact) mass is 295 g/mol. The molecule has 118 valence electrons. The molecule has 1 aromatic carbocycles. The van der Waals surface area contributed by atoms with Crippen LogP contribution in [0.25, 0.3) is 0 Å². The van der Waals surface area contributed by atoms with Gasteiger partial charge in [-0.15, -0.1) is 0 Å². The predicted molar refractivity (Wildman–Crippen MR) is 80.6 cm³/mol. The Hall–Kier alpha value is -1.14. The lowest BCUT2D eigenvalue weighted by molar-refractivity contribution is -0.107. The highest BCUT2D eigenvalue weighted by Crippen LogP contribution is 2.28. The van der Waals surface area contributed by atoms with Crippen molar-refractivity contribution >= 4 is 0 Å². The Morgan fingerprint density at radius 3 is 2.38 bits per heavy atom. The second-order valence-electron chi connectivity index (χ2n) is 5.27. The van der Waals surface area contributed by atoms with E-state index in [-0.39, 0.29) is 18.2 Å². The molecule has 3 unspecified atom stereocenters. The summed E-state index contributed by atoms with van der Waals surface area (Å²) < 4.78 is 21.7. The van der Waals surface area contributed by atoms with Crippen LogP contribution in [0.3, 0.4) is 0 Å². The maximum absolute atomic E-state index is 5.97. The van der Waals surface area contributed by atoms with Crippen LogP contribution in [-0.4, -0.2) is 52.3 Å². The van der Waals surface area contributed by atoms with Crippen LogP contribution in [0.2, 0.25) is 0 Å². The second-order valence-corrected chi connectivity index (χ2v) is 5.27. The molecule has 0 bridgehead atoms. The average Bonchev–Trinajstić information content (AvgIpc) is 2.50. The molecule has 2 rings (SSSR count). The molecule has 0 aromatic heterocycles. The predicted octanol–water partition coefficient (Wildman–Crippen LogP) is 1.39. The molecule has 0 saturated heterocycles. The van der Waals surface area contributed by atoms with E-state index in [9.17, 15) is 0 Å². The van der Waals surface area contributed by atoms with Crippen LogP contribution in [0.5, 0.6) is 5.75 Å². The summed E-state index contributed by atoms with van der Waals surface area (Å²) in [6, 6.07) is 8.15. The number of benzene rings is 1. The zero-order chi connectivity index (χ0) is 15.1. The van der Waals surface area contributed by atoms with Crippen LogP contribution in [0.4, 0.5) is 0 Å².